The van der Waals surface area contributed by atoms with Gasteiger partial charge in [0.1, 0.15) is 11.9 Å². The van der Waals surface area contributed by atoms with E-state index in [1.165, 1.54) is 11.5 Å². The van der Waals surface area contributed by atoms with Gasteiger partial charge in [-0.2, -0.15) is 5.10 Å². The summed E-state index contributed by atoms with van der Waals surface area (Å²) in [6.45, 7) is 5.67. The molecule has 19 heavy (non-hydrogen) atoms. The average Bonchev–Trinajstić information content (AvgIpc) is 2.72. The van der Waals surface area contributed by atoms with Crippen LogP contribution in [0.5, 0.6) is 0 Å². The average molecular weight is 269 g/mol. The molecule has 0 amide bonds. The van der Waals surface area contributed by atoms with Crippen molar-refractivity contribution in [1.82, 2.24) is 24.6 Å². The van der Waals surface area contributed by atoms with E-state index in [4.69, 9.17) is 5.11 Å². The van der Waals surface area contributed by atoms with Crippen molar-refractivity contribution >= 4 is 5.97 Å². The van der Waals surface area contributed by atoms with Gasteiger partial charge in [0.05, 0.1) is 6.54 Å². The zero-order chi connectivity index (χ0) is 14.0. The number of nitrogens with zero attached hydrogens (tertiary/aromatic N) is 4. The molecule has 1 fully saturated rings. The van der Waals surface area contributed by atoms with E-state index in [9.17, 15) is 9.59 Å². The molecule has 0 radical (unpaired) electrons. The van der Waals surface area contributed by atoms with Crippen molar-refractivity contribution in [3.63, 3.8) is 0 Å². The zero-order valence-electron chi connectivity index (χ0n) is 11.2. The van der Waals surface area contributed by atoms with Crippen LogP contribution >= 0.6 is 0 Å². The molecule has 8 nitrogen and oxygen atoms in total. The summed E-state index contributed by atoms with van der Waals surface area (Å²) in [5, 5.41) is 15.3. The van der Waals surface area contributed by atoms with Crippen molar-refractivity contribution in [1.29, 1.82) is 0 Å². The van der Waals surface area contributed by atoms with Crippen LogP contribution in [0.2, 0.25) is 0 Å². The lowest BCUT2D eigenvalue weighted by Gasteiger charge is -2.32. The maximum Gasteiger partial charge on any atom is 0.344 e. The molecule has 0 aliphatic carbocycles. The summed E-state index contributed by atoms with van der Waals surface area (Å²) in [6, 6.07) is -0.909. The maximum absolute atomic E-state index is 11.6. The Morgan fingerprint density at radius 3 is 2.63 bits per heavy atom. The number of piperazine rings is 1. The molecule has 2 heterocycles. The maximum atomic E-state index is 11.6. The summed E-state index contributed by atoms with van der Waals surface area (Å²) in [6.07, 6.45) is 0. The molecule has 1 aliphatic rings. The van der Waals surface area contributed by atoms with Gasteiger partial charge in [0.2, 0.25) is 0 Å². The second-order valence-corrected chi connectivity index (χ2v) is 4.91. The molecular formula is C11H19N5O3. The molecule has 0 aromatic carbocycles. The minimum Gasteiger partial charge on any atom is -0.480 e. The summed E-state index contributed by atoms with van der Waals surface area (Å²) >= 11 is 0. The first-order valence-electron chi connectivity index (χ1n) is 6.28. The Hall–Kier alpha value is -1.67. The van der Waals surface area contributed by atoms with Gasteiger partial charge in [-0.05, 0) is 14.0 Å². The van der Waals surface area contributed by atoms with E-state index in [1.807, 2.05) is 0 Å². The molecule has 1 aliphatic heterocycles. The number of aromatic amines is 1. The third-order valence-electron chi connectivity index (χ3n) is 3.48. The number of carbonyl (C=O) groups is 1. The fraction of sp³-hybridized carbons (Fsp3) is 0.727. The summed E-state index contributed by atoms with van der Waals surface area (Å²) < 4.78 is 1.21. The Kier molecular flexibility index (Phi) is 4.01. The first-order chi connectivity index (χ1) is 8.99. The number of rotatable bonds is 4. The molecule has 0 bridgehead atoms. The van der Waals surface area contributed by atoms with Crippen molar-refractivity contribution in [2.24, 2.45) is 0 Å². The van der Waals surface area contributed by atoms with E-state index < -0.39 is 17.7 Å². The van der Waals surface area contributed by atoms with Crippen LogP contribution in [0, 0.1) is 0 Å². The number of aliphatic carboxylic acids is 1. The highest BCUT2D eigenvalue weighted by atomic mass is 16.4. The van der Waals surface area contributed by atoms with Gasteiger partial charge in [-0.15, -0.1) is 0 Å². The van der Waals surface area contributed by atoms with E-state index in [0.717, 1.165) is 26.2 Å². The molecule has 2 rings (SSSR count). The Morgan fingerprint density at radius 2 is 2.05 bits per heavy atom. The molecular weight excluding hydrogens is 250 g/mol. The van der Waals surface area contributed by atoms with Crippen LogP contribution in [-0.2, 0) is 11.3 Å². The summed E-state index contributed by atoms with van der Waals surface area (Å²) in [4.78, 5) is 27.0. The van der Waals surface area contributed by atoms with Crippen LogP contribution in [0.3, 0.4) is 0 Å². The number of H-pyrrole nitrogens is 1. The number of nitrogens with one attached hydrogen (secondary N) is 1. The third-order valence-corrected chi connectivity index (χ3v) is 3.48. The molecule has 1 saturated heterocycles. The van der Waals surface area contributed by atoms with Gasteiger partial charge < -0.3 is 10.0 Å². The highest BCUT2D eigenvalue weighted by molar-refractivity contribution is 5.71. The number of likely N-dealkylation sites (N-methyl/N-ethyl adjacent to an activating group) is 1. The topological polar surface area (TPSA) is 94.5 Å². The standard InChI is InChI=1S/C11H19N5O3/c1-8(10(17)18)16-9(12-13-11(16)19)7-15-5-3-14(2)4-6-15/h8H,3-7H2,1-2H3,(H,13,19)(H,17,18)/t8-/m0/s1. The fourth-order valence-electron chi connectivity index (χ4n) is 2.16. The Bertz CT molecular complexity index is 501. The second-order valence-electron chi connectivity index (χ2n) is 4.91. The Morgan fingerprint density at radius 1 is 1.42 bits per heavy atom. The fourth-order valence-corrected chi connectivity index (χ4v) is 2.16. The molecule has 1 aromatic heterocycles. The van der Waals surface area contributed by atoms with Gasteiger partial charge in [0.15, 0.2) is 0 Å². The zero-order valence-corrected chi connectivity index (χ0v) is 11.2. The monoisotopic (exact) mass is 269 g/mol. The van der Waals surface area contributed by atoms with Gasteiger partial charge in [0.25, 0.3) is 0 Å². The van der Waals surface area contributed by atoms with Crippen molar-refractivity contribution in [2.75, 3.05) is 33.2 Å². The van der Waals surface area contributed by atoms with Gasteiger partial charge in [-0.25, -0.2) is 14.7 Å². The largest absolute Gasteiger partial charge is 0.480 e. The highest BCUT2D eigenvalue weighted by Gasteiger charge is 2.23. The van der Waals surface area contributed by atoms with Crippen LogP contribution in [0.25, 0.3) is 0 Å². The predicted molar refractivity (Wildman–Crippen MR) is 68.0 cm³/mol. The van der Waals surface area contributed by atoms with E-state index >= 15 is 0 Å². The molecule has 1 aromatic rings. The van der Waals surface area contributed by atoms with Crippen LogP contribution in [0.4, 0.5) is 0 Å². The number of hydrogen-bond donors (Lipinski definition) is 2. The minimum absolute atomic E-state index is 0.473. The highest BCUT2D eigenvalue weighted by Crippen LogP contribution is 2.09. The quantitative estimate of drug-likeness (QED) is 0.725. The Labute approximate surface area is 110 Å². The predicted octanol–water partition coefficient (Wildman–Crippen LogP) is -1.04. The van der Waals surface area contributed by atoms with Crippen LogP contribution < -0.4 is 5.69 Å². The number of hydrogen-bond acceptors (Lipinski definition) is 5. The van der Waals surface area contributed by atoms with Crippen molar-refractivity contribution in [3.05, 3.63) is 16.3 Å². The second kappa shape index (κ2) is 5.54. The van der Waals surface area contributed by atoms with Crippen LogP contribution in [0.1, 0.15) is 18.8 Å². The normalized spacial score (nSPS) is 19.5. The van der Waals surface area contributed by atoms with E-state index in [1.54, 1.807) is 0 Å². The van der Waals surface area contributed by atoms with Gasteiger partial charge in [-0.1, -0.05) is 0 Å². The van der Waals surface area contributed by atoms with Gasteiger partial charge in [0, 0.05) is 26.2 Å². The van der Waals surface area contributed by atoms with Crippen LogP contribution in [-0.4, -0.2) is 68.9 Å². The van der Waals surface area contributed by atoms with Gasteiger partial charge in [-0.3, -0.25) is 9.47 Å². The third kappa shape index (κ3) is 3.02. The number of carboxylic acids is 1. The summed E-state index contributed by atoms with van der Waals surface area (Å²) in [5.74, 6) is -0.562. The Balaban J connectivity index is 2.13. The minimum atomic E-state index is -1.04. The van der Waals surface area contributed by atoms with Crippen molar-refractivity contribution in [2.45, 2.75) is 19.5 Å². The van der Waals surface area contributed by atoms with Crippen LogP contribution in [0.15, 0.2) is 4.79 Å². The molecule has 0 saturated carbocycles. The lowest BCUT2D eigenvalue weighted by Crippen LogP contribution is -2.44. The van der Waals surface area contributed by atoms with E-state index in [-0.39, 0.29) is 0 Å². The first kappa shape index (κ1) is 13.8. The van der Waals surface area contributed by atoms with E-state index in [2.05, 4.69) is 27.0 Å². The first-order valence-corrected chi connectivity index (χ1v) is 6.28. The summed E-state index contributed by atoms with van der Waals surface area (Å²) in [7, 11) is 2.06. The van der Waals surface area contributed by atoms with Crippen molar-refractivity contribution in [3.8, 4) is 0 Å². The van der Waals surface area contributed by atoms with E-state index in [0.29, 0.717) is 12.4 Å². The number of carboxylic acid groups (broad SMARTS) is 1. The molecule has 1 atom stereocenters. The lowest BCUT2D eigenvalue weighted by molar-refractivity contribution is -0.140. The van der Waals surface area contributed by atoms with Gasteiger partial charge >= 0.3 is 11.7 Å². The molecule has 0 unspecified atom stereocenters. The molecule has 0 spiro atoms. The van der Waals surface area contributed by atoms with Crippen molar-refractivity contribution < 1.29 is 9.90 Å². The SMILES string of the molecule is C[C@@H](C(=O)O)n1c(CN2CCN(C)CC2)n[nH]c1=O. The summed E-state index contributed by atoms with van der Waals surface area (Å²) in [5.41, 5.74) is -0.473. The molecule has 106 valence electrons. The number of aromatic nitrogens is 3. The lowest BCUT2D eigenvalue weighted by atomic mass is 10.3. The molecule has 8 heteroatoms. The molecule has 2 N–H and O–H groups in total. The smallest absolute Gasteiger partial charge is 0.344 e.